The molecule has 0 bridgehead atoms. The standard InChI is InChI=1S/C25H25N7O2S/c1-3-22(33)27-17-5-4-6-19(15-17)34-24-23-20(9-14-35-23)29-25(30-24)28-18-7-8-21(26-16-18)32-12-10-31(2)11-13-32/h3-9,14-16H,1,10-13H2,2H3,(H,27,33)(H,28,29,30). The second-order valence-corrected chi connectivity index (χ2v) is 9.05. The average molecular weight is 488 g/mol. The van der Waals surface area contributed by atoms with Gasteiger partial charge in [-0.15, -0.1) is 11.3 Å². The second-order valence-electron chi connectivity index (χ2n) is 8.13. The third kappa shape index (κ3) is 5.39. The molecule has 1 saturated heterocycles. The van der Waals surface area contributed by atoms with Crippen molar-refractivity contribution in [2.75, 3.05) is 48.8 Å². The van der Waals surface area contributed by atoms with Crippen molar-refractivity contribution in [2.24, 2.45) is 0 Å². The van der Waals surface area contributed by atoms with Gasteiger partial charge in [-0.1, -0.05) is 12.6 Å². The SMILES string of the molecule is C=CC(=O)Nc1cccc(Oc2nc(Nc3ccc(N4CCN(C)CC4)nc3)nc3ccsc23)c1. The molecule has 0 saturated carbocycles. The molecule has 9 nitrogen and oxygen atoms in total. The lowest BCUT2D eigenvalue weighted by Gasteiger charge is -2.33. The number of carbonyl (C=O) groups excluding carboxylic acids is 1. The molecule has 1 amide bonds. The Morgan fingerprint density at radius 1 is 1.11 bits per heavy atom. The molecule has 1 aliphatic heterocycles. The maximum Gasteiger partial charge on any atom is 0.247 e. The third-order valence-electron chi connectivity index (χ3n) is 5.61. The molecule has 1 aromatic carbocycles. The fraction of sp³-hybridized carbons (Fsp3) is 0.200. The highest BCUT2D eigenvalue weighted by Gasteiger charge is 2.16. The summed E-state index contributed by atoms with van der Waals surface area (Å²) in [5.41, 5.74) is 2.17. The van der Waals surface area contributed by atoms with Crippen LogP contribution in [0.2, 0.25) is 0 Å². The molecule has 5 rings (SSSR count). The Bertz CT molecular complexity index is 1350. The van der Waals surface area contributed by atoms with Gasteiger partial charge in [0.15, 0.2) is 0 Å². The van der Waals surface area contributed by atoms with E-state index in [1.54, 1.807) is 30.5 Å². The fourth-order valence-corrected chi connectivity index (χ4v) is 4.47. The number of rotatable bonds is 7. The van der Waals surface area contributed by atoms with Gasteiger partial charge in [0, 0.05) is 37.9 Å². The van der Waals surface area contributed by atoms with E-state index in [-0.39, 0.29) is 5.91 Å². The van der Waals surface area contributed by atoms with E-state index >= 15 is 0 Å². The van der Waals surface area contributed by atoms with Gasteiger partial charge in [0.2, 0.25) is 17.7 Å². The first kappa shape index (κ1) is 22.8. The van der Waals surface area contributed by atoms with E-state index < -0.39 is 0 Å². The van der Waals surface area contributed by atoms with E-state index in [9.17, 15) is 4.79 Å². The molecule has 178 valence electrons. The Labute approximate surface area is 207 Å². The molecular weight excluding hydrogens is 462 g/mol. The number of piperazine rings is 1. The summed E-state index contributed by atoms with van der Waals surface area (Å²) < 4.78 is 6.94. The van der Waals surface area contributed by atoms with Crippen LogP contribution >= 0.6 is 11.3 Å². The Kier molecular flexibility index (Phi) is 6.55. The zero-order valence-electron chi connectivity index (χ0n) is 19.3. The largest absolute Gasteiger partial charge is 0.437 e. The van der Waals surface area contributed by atoms with Gasteiger partial charge >= 0.3 is 0 Å². The van der Waals surface area contributed by atoms with Crippen LogP contribution < -0.4 is 20.3 Å². The highest BCUT2D eigenvalue weighted by molar-refractivity contribution is 7.17. The molecule has 1 aliphatic rings. The molecule has 0 spiro atoms. The Balaban J connectivity index is 1.35. The topological polar surface area (TPSA) is 95.5 Å². The minimum absolute atomic E-state index is 0.288. The molecule has 4 heterocycles. The van der Waals surface area contributed by atoms with Crippen molar-refractivity contribution in [1.82, 2.24) is 19.9 Å². The van der Waals surface area contributed by atoms with Crippen LogP contribution in [-0.2, 0) is 4.79 Å². The summed E-state index contributed by atoms with van der Waals surface area (Å²) >= 11 is 1.50. The summed E-state index contributed by atoms with van der Waals surface area (Å²) in [5, 5.41) is 7.92. The van der Waals surface area contributed by atoms with E-state index in [2.05, 4.69) is 49.0 Å². The number of nitrogens with one attached hydrogen (secondary N) is 2. The molecule has 0 unspecified atom stereocenters. The van der Waals surface area contributed by atoms with Crippen LogP contribution in [-0.4, -0.2) is 59.0 Å². The van der Waals surface area contributed by atoms with Crippen LogP contribution in [0.4, 0.5) is 23.1 Å². The van der Waals surface area contributed by atoms with E-state index in [4.69, 9.17) is 4.74 Å². The molecule has 10 heteroatoms. The summed E-state index contributed by atoms with van der Waals surface area (Å²) in [4.78, 5) is 30.1. The van der Waals surface area contributed by atoms with E-state index in [1.165, 1.54) is 17.4 Å². The van der Waals surface area contributed by atoms with Gasteiger partial charge in [0.1, 0.15) is 16.3 Å². The molecule has 35 heavy (non-hydrogen) atoms. The van der Waals surface area contributed by atoms with Crippen molar-refractivity contribution in [3.63, 3.8) is 0 Å². The number of aromatic nitrogens is 3. The van der Waals surface area contributed by atoms with Crippen LogP contribution in [0.15, 0.2) is 66.7 Å². The minimum Gasteiger partial charge on any atom is -0.437 e. The Hall–Kier alpha value is -4.02. The van der Waals surface area contributed by atoms with E-state index in [0.29, 0.717) is 23.3 Å². The Morgan fingerprint density at radius 2 is 1.97 bits per heavy atom. The number of ether oxygens (including phenoxy) is 1. The quantitative estimate of drug-likeness (QED) is 0.368. The monoisotopic (exact) mass is 487 g/mol. The molecule has 0 atom stereocenters. The normalized spacial score (nSPS) is 14.0. The summed E-state index contributed by atoms with van der Waals surface area (Å²) in [6, 6.07) is 13.0. The van der Waals surface area contributed by atoms with Crippen LogP contribution in [0.1, 0.15) is 0 Å². The van der Waals surface area contributed by atoms with Crippen LogP contribution in [0.3, 0.4) is 0 Å². The summed E-state index contributed by atoms with van der Waals surface area (Å²) in [6.45, 7) is 7.47. The van der Waals surface area contributed by atoms with Crippen LogP contribution in [0, 0.1) is 0 Å². The number of fused-ring (bicyclic) bond motifs is 1. The highest BCUT2D eigenvalue weighted by Crippen LogP contribution is 2.33. The van der Waals surface area contributed by atoms with E-state index in [1.807, 2.05) is 23.6 Å². The molecule has 0 aliphatic carbocycles. The van der Waals surface area contributed by atoms with Gasteiger partial charge < -0.3 is 25.2 Å². The van der Waals surface area contributed by atoms with Crippen molar-refractivity contribution >= 4 is 50.6 Å². The number of carbonyl (C=O) groups is 1. The number of anilines is 4. The predicted octanol–water partition coefficient (Wildman–Crippen LogP) is 4.50. The lowest BCUT2D eigenvalue weighted by atomic mass is 10.3. The van der Waals surface area contributed by atoms with Crippen molar-refractivity contribution in [3.8, 4) is 11.6 Å². The molecule has 2 N–H and O–H groups in total. The first-order valence-electron chi connectivity index (χ1n) is 11.2. The number of likely N-dealkylation sites (N-methyl/N-ethyl adjacent to an activating group) is 1. The summed E-state index contributed by atoms with van der Waals surface area (Å²) in [7, 11) is 2.14. The van der Waals surface area contributed by atoms with E-state index in [0.717, 1.165) is 47.9 Å². The highest BCUT2D eigenvalue weighted by atomic mass is 32.1. The van der Waals surface area contributed by atoms with Crippen molar-refractivity contribution in [2.45, 2.75) is 0 Å². The number of pyridine rings is 1. The van der Waals surface area contributed by atoms with Crippen LogP contribution in [0.25, 0.3) is 10.2 Å². The van der Waals surface area contributed by atoms with Crippen molar-refractivity contribution in [1.29, 1.82) is 0 Å². The lowest BCUT2D eigenvalue weighted by molar-refractivity contribution is -0.111. The zero-order chi connectivity index (χ0) is 24.2. The number of nitrogens with zero attached hydrogens (tertiary/aromatic N) is 5. The van der Waals surface area contributed by atoms with Gasteiger partial charge in [0.05, 0.1) is 17.4 Å². The fourth-order valence-electron chi connectivity index (χ4n) is 3.72. The molecular formula is C25H25N7O2S. The number of amides is 1. The summed E-state index contributed by atoms with van der Waals surface area (Å²) in [6.07, 6.45) is 3.01. The molecule has 4 aromatic rings. The number of hydrogen-bond acceptors (Lipinski definition) is 9. The first-order chi connectivity index (χ1) is 17.1. The van der Waals surface area contributed by atoms with Gasteiger partial charge in [-0.25, -0.2) is 9.97 Å². The average Bonchev–Trinajstić information content (AvgIpc) is 3.34. The first-order valence-corrected chi connectivity index (χ1v) is 12.1. The van der Waals surface area contributed by atoms with Crippen molar-refractivity contribution < 1.29 is 9.53 Å². The molecule has 1 fully saturated rings. The predicted molar refractivity (Wildman–Crippen MR) is 140 cm³/mol. The minimum atomic E-state index is -0.288. The van der Waals surface area contributed by atoms with Crippen molar-refractivity contribution in [3.05, 3.63) is 66.7 Å². The number of benzene rings is 1. The van der Waals surface area contributed by atoms with Gasteiger partial charge in [0.25, 0.3) is 0 Å². The van der Waals surface area contributed by atoms with Gasteiger partial charge in [-0.2, -0.15) is 4.98 Å². The number of hydrogen-bond donors (Lipinski definition) is 2. The van der Waals surface area contributed by atoms with Crippen LogP contribution in [0.5, 0.6) is 11.6 Å². The number of thiophene rings is 1. The third-order valence-corrected chi connectivity index (χ3v) is 6.50. The lowest BCUT2D eigenvalue weighted by Crippen LogP contribution is -2.44. The van der Waals surface area contributed by atoms with Gasteiger partial charge in [-0.05, 0) is 48.8 Å². The molecule has 3 aromatic heterocycles. The van der Waals surface area contributed by atoms with Gasteiger partial charge in [-0.3, -0.25) is 4.79 Å². The maximum absolute atomic E-state index is 11.6. The second kappa shape index (κ2) is 10.1. The maximum atomic E-state index is 11.6. The summed E-state index contributed by atoms with van der Waals surface area (Å²) in [5.74, 6) is 2.07. The molecule has 0 radical (unpaired) electrons. The zero-order valence-corrected chi connectivity index (χ0v) is 20.1. The smallest absolute Gasteiger partial charge is 0.247 e. The Morgan fingerprint density at radius 3 is 2.74 bits per heavy atom.